The molecule has 5 nitrogen and oxygen atoms in total. The monoisotopic (exact) mass is 417 g/mol. The molecule has 5 aromatic rings. The first kappa shape index (κ1) is 17.8. The van der Waals surface area contributed by atoms with Crippen molar-refractivity contribution in [3.63, 3.8) is 0 Å². The summed E-state index contributed by atoms with van der Waals surface area (Å²) in [5, 5.41) is 13.5. The molecule has 2 aromatic heterocycles. The van der Waals surface area contributed by atoms with E-state index in [1.807, 2.05) is 48.7 Å². The van der Waals surface area contributed by atoms with Crippen LogP contribution in [0.2, 0.25) is 5.02 Å². The molecule has 0 aliphatic rings. The maximum atomic E-state index is 6.05. The summed E-state index contributed by atoms with van der Waals surface area (Å²) >= 11 is 7.75. The van der Waals surface area contributed by atoms with Crippen LogP contribution in [0.5, 0.6) is 0 Å². The van der Waals surface area contributed by atoms with E-state index in [1.54, 1.807) is 16.0 Å². The average molecular weight is 418 g/mol. The lowest BCUT2D eigenvalue weighted by Crippen LogP contribution is -1.99. The molecule has 2 heterocycles. The van der Waals surface area contributed by atoms with Crippen molar-refractivity contribution in [2.45, 2.75) is 6.54 Å². The molecule has 0 fully saturated rings. The van der Waals surface area contributed by atoms with Gasteiger partial charge in [0.05, 0.1) is 28.6 Å². The highest BCUT2D eigenvalue weighted by molar-refractivity contribution is 7.21. The van der Waals surface area contributed by atoms with Crippen LogP contribution < -0.4 is 5.32 Å². The van der Waals surface area contributed by atoms with Gasteiger partial charge < -0.3 is 5.32 Å². The van der Waals surface area contributed by atoms with Crippen LogP contribution in [0.3, 0.4) is 0 Å². The number of hydrogen-bond acceptors (Lipinski definition) is 5. The van der Waals surface area contributed by atoms with Crippen molar-refractivity contribution in [1.82, 2.24) is 20.0 Å². The highest BCUT2D eigenvalue weighted by atomic mass is 35.5. The number of benzene rings is 3. The number of thiazole rings is 1. The molecule has 0 radical (unpaired) electrons. The minimum atomic E-state index is 0.584. The van der Waals surface area contributed by atoms with Gasteiger partial charge in [-0.15, -0.1) is 16.4 Å². The Balaban J connectivity index is 1.27. The zero-order valence-electron chi connectivity index (χ0n) is 15.3. The molecule has 0 amide bonds. The molecule has 0 aliphatic heterocycles. The lowest BCUT2D eigenvalue weighted by atomic mass is 10.2. The second-order valence-corrected chi connectivity index (χ2v) is 8.02. The minimum Gasteiger partial charge on any atom is -0.379 e. The molecule has 3 aromatic carbocycles. The Bertz CT molecular complexity index is 1240. The summed E-state index contributed by atoms with van der Waals surface area (Å²) in [5.41, 5.74) is 4.91. The van der Waals surface area contributed by atoms with E-state index < -0.39 is 0 Å². The van der Waals surface area contributed by atoms with Gasteiger partial charge in [0.2, 0.25) is 0 Å². The van der Waals surface area contributed by atoms with E-state index in [1.165, 1.54) is 4.70 Å². The minimum absolute atomic E-state index is 0.584. The Morgan fingerprint density at radius 3 is 2.66 bits per heavy atom. The highest BCUT2D eigenvalue weighted by Gasteiger charge is 2.07. The number of nitrogens with zero attached hydrogens (tertiary/aromatic N) is 4. The summed E-state index contributed by atoms with van der Waals surface area (Å²) in [7, 11) is 0. The number of fused-ring (bicyclic) bond motifs is 1. The second-order valence-electron chi connectivity index (χ2n) is 6.55. The van der Waals surface area contributed by atoms with Crippen LogP contribution in [0, 0.1) is 0 Å². The Hall–Kier alpha value is -3.22. The van der Waals surface area contributed by atoms with Gasteiger partial charge in [0, 0.05) is 16.3 Å². The van der Waals surface area contributed by atoms with Crippen molar-refractivity contribution in [3.05, 3.63) is 89.7 Å². The molecule has 0 unspecified atom stereocenters. The molecular weight excluding hydrogens is 402 g/mol. The van der Waals surface area contributed by atoms with Crippen LogP contribution in [0.15, 0.2) is 79.0 Å². The molecule has 0 aliphatic carbocycles. The van der Waals surface area contributed by atoms with Crippen molar-refractivity contribution < 1.29 is 0 Å². The third-order valence-electron chi connectivity index (χ3n) is 4.51. The Morgan fingerprint density at radius 1 is 0.966 bits per heavy atom. The van der Waals surface area contributed by atoms with Gasteiger partial charge in [-0.25, -0.2) is 9.67 Å². The number of halogens is 1. The first-order valence-corrected chi connectivity index (χ1v) is 10.3. The molecule has 7 heteroatoms. The molecular formula is C22H16ClN5S. The van der Waals surface area contributed by atoms with Gasteiger partial charge in [0.25, 0.3) is 0 Å². The predicted molar refractivity (Wildman–Crippen MR) is 119 cm³/mol. The molecule has 0 atom stereocenters. The number of anilines is 1. The molecule has 5 rings (SSSR count). The van der Waals surface area contributed by atoms with Gasteiger partial charge in [0.1, 0.15) is 10.7 Å². The van der Waals surface area contributed by atoms with E-state index in [4.69, 9.17) is 16.6 Å². The number of aromatic nitrogens is 4. The van der Waals surface area contributed by atoms with Crippen molar-refractivity contribution in [3.8, 4) is 16.3 Å². The maximum Gasteiger partial charge on any atom is 0.124 e. The maximum absolute atomic E-state index is 6.05. The molecule has 29 heavy (non-hydrogen) atoms. The summed E-state index contributed by atoms with van der Waals surface area (Å²) in [4.78, 5) is 4.71. The molecule has 0 saturated carbocycles. The average Bonchev–Trinajstić information content (AvgIpc) is 3.40. The largest absolute Gasteiger partial charge is 0.379 e. The first-order valence-electron chi connectivity index (χ1n) is 9.12. The third-order valence-corrected chi connectivity index (χ3v) is 5.83. The second kappa shape index (κ2) is 7.66. The van der Waals surface area contributed by atoms with Gasteiger partial charge in [-0.2, -0.15) is 0 Å². The fourth-order valence-corrected chi connectivity index (χ4v) is 4.20. The van der Waals surface area contributed by atoms with Crippen molar-refractivity contribution >= 4 is 38.8 Å². The summed E-state index contributed by atoms with van der Waals surface area (Å²) in [6.07, 6.45) is 1.90. The Labute approximate surface area is 176 Å². The van der Waals surface area contributed by atoms with E-state index in [0.717, 1.165) is 33.2 Å². The van der Waals surface area contributed by atoms with Crippen LogP contribution in [-0.2, 0) is 6.54 Å². The van der Waals surface area contributed by atoms with Crippen LogP contribution in [0.1, 0.15) is 5.69 Å². The number of para-hydroxylation sites is 1. The normalized spacial score (nSPS) is 11.1. The standard InChI is InChI=1S/C22H16ClN5S/c23-16-4-3-5-19(12-16)28-14-18(26-27-28)13-24-17-10-8-15(9-11-17)22-25-20-6-1-2-7-21(20)29-22/h1-12,14,24H,13H2. The molecule has 0 bridgehead atoms. The Kier molecular flexibility index (Phi) is 4.71. The lowest BCUT2D eigenvalue weighted by Gasteiger charge is -2.05. The SMILES string of the molecule is Clc1cccc(-n2cc(CNc3ccc(-c4nc5ccccc5s4)cc3)nn2)c1. The van der Waals surface area contributed by atoms with Crippen LogP contribution >= 0.6 is 22.9 Å². The third kappa shape index (κ3) is 3.85. The van der Waals surface area contributed by atoms with Gasteiger partial charge in [-0.05, 0) is 54.6 Å². The predicted octanol–water partition coefficient (Wildman–Crippen LogP) is 5.81. The van der Waals surface area contributed by atoms with E-state index in [9.17, 15) is 0 Å². The topological polar surface area (TPSA) is 55.6 Å². The quantitative estimate of drug-likeness (QED) is 0.392. The van der Waals surface area contributed by atoms with Gasteiger partial charge >= 0.3 is 0 Å². The number of nitrogens with one attached hydrogen (secondary N) is 1. The van der Waals surface area contributed by atoms with Crippen molar-refractivity contribution in [1.29, 1.82) is 0 Å². The van der Waals surface area contributed by atoms with E-state index in [-0.39, 0.29) is 0 Å². The van der Waals surface area contributed by atoms with Gasteiger partial charge in [-0.3, -0.25) is 0 Å². The summed E-state index contributed by atoms with van der Waals surface area (Å²) in [6.45, 7) is 0.584. The first-order chi connectivity index (χ1) is 14.2. The van der Waals surface area contributed by atoms with Gasteiger partial charge in [-0.1, -0.05) is 35.0 Å². The summed E-state index contributed by atoms with van der Waals surface area (Å²) in [6, 6.07) is 24.0. The van der Waals surface area contributed by atoms with E-state index in [0.29, 0.717) is 11.6 Å². The number of hydrogen-bond donors (Lipinski definition) is 1. The summed E-state index contributed by atoms with van der Waals surface area (Å²) in [5.74, 6) is 0. The fourth-order valence-electron chi connectivity index (χ4n) is 3.04. The molecule has 1 N–H and O–H groups in total. The molecule has 142 valence electrons. The fraction of sp³-hybridized carbons (Fsp3) is 0.0455. The molecule has 0 spiro atoms. The summed E-state index contributed by atoms with van der Waals surface area (Å²) < 4.78 is 2.92. The number of rotatable bonds is 5. The smallest absolute Gasteiger partial charge is 0.124 e. The van der Waals surface area contributed by atoms with Crippen LogP contribution in [-0.4, -0.2) is 20.0 Å². The van der Waals surface area contributed by atoms with Crippen molar-refractivity contribution in [2.75, 3.05) is 5.32 Å². The lowest BCUT2D eigenvalue weighted by molar-refractivity contribution is 0.798. The molecule has 0 saturated heterocycles. The van der Waals surface area contributed by atoms with Gasteiger partial charge in [0.15, 0.2) is 0 Å². The van der Waals surface area contributed by atoms with Crippen molar-refractivity contribution in [2.24, 2.45) is 0 Å². The Morgan fingerprint density at radius 2 is 1.83 bits per heavy atom. The zero-order chi connectivity index (χ0) is 19.6. The van der Waals surface area contributed by atoms with E-state index in [2.05, 4.69) is 46.0 Å². The van der Waals surface area contributed by atoms with E-state index >= 15 is 0 Å². The zero-order valence-corrected chi connectivity index (χ0v) is 16.9. The highest BCUT2D eigenvalue weighted by Crippen LogP contribution is 2.30. The van der Waals surface area contributed by atoms with Crippen LogP contribution in [0.4, 0.5) is 5.69 Å². The van der Waals surface area contributed by atoms with Crippen LogP contribution in [0.25, 0.3) is 26.5 Å².